The molecule has 0 radical (unpaired) electrons. The first-order valence-corrected chi connectivity index (χ1v) is 7.78. The normalized spacial score (nSPS) is 19.1. The predicted octanol–water partition coefficient (Wildman–Crippen LogP) is 1.52. The fourth-order valence-corrected chi connectivity index (χ4v) is 3.79. The van der Waals surface area contributed by atoms with Crippen molar-refractivity contribution in [3.05, 3.63) is 28.5 Å². The maximum atomic E-state index is 13.1. The van der Waals surface area contributed by atoms with Gasteiger partial charge in [0, 0.05) is 26.2 Å². The van der Waals surface area contributed by atoms with E-state index in [9.17, 15) is 12.8 Å². The maximum absolute atomic E-state index is 13.1. The van der Waals surface area contributed by atoms with Crippen LogP contribution in [0.15, 0.2) is 27.6 Å². The lowest BCUT2D eigenvalue weighted by atomic mass is 10.3. The first kappa shape index (κ1) is 13.9. The molecular weight excluding hydrogens is 323 g/mol. The van der Waals surface area contributed by atoms with Gasteiger partial charge in [-0.05, 0) is 41.2 Å². The van der Waals surface area contributed by atoms with Crippen molar-refractivity contribution >= 4 is 26.0 Å². The van der Waals surface area contributed by atoms with E-state index in [2.05, 4.69) is 20.8 Å². The van der Waals surface area contributed by atoms with Crippen molar-refractivity contribution < 1.29 is 12.8 Å². The summed E-state index contributed by atoms with van der Waals surface area (Å²) < 4.78 is 39.4. The molecule has 0 spiro atoms. The van der Waals surface area contributed by atoms with Crippen molar-refractivity contribution in [3.8, 4) is 0 Å². The third-order valence-corrected chi connectivity index (χ3v) is 5.49. The van der Waals surface area contributed by atoms with E-state index in [0.717, 1.165) is 6.07 Å². The molecule has 0 N–H and O–H groups in total. The fourth-order valence-electron chi connectivity index (χ4n) is 1.81. The summed E-state index contributed by atoms with van der Waals surface area (Å²) in [5, 5.41) is 0. The van der Waals surface area contributed by atoms with Gasteiger partial charge in [0.1, 0.15) is 5.82 Å². The van der Waals surface area contributed by atoms with Gasteiger partial charge < -0.3 is 4.90 Å². The molecule has 1 aromatic rings. The number of benzene rings is 1. The molecule has 0 amide bonds. The molecule has 18 heavy (non-hydrogen) atoms. The second kappa shape index (κ2) is 5.24. The Labute approximate surface area is 115 Å². The Morgan fingerprint density at radius 3 is 2.39 bits per heavy atom. The van der Waals surface area contributed by atoms with Crippen molar-refractivity contribution in [2.75, 3.05) is 33.2 Å². The highest BCUT2D eigenvalue weighted by atomic mass is 79.9. The quantitative estimate of drug-likeness (QED) is 0.822. The predicted molar refractivity (Wildman–Crippen MR) is 70.4 cm³/mol. The molecular formula is C11H14BrFN2O2S. The highest BCUT2D eigenvalue weighted by Gasteiger charge is 2.27. The Morgan fingerprint density at radius 1 is 1.22 bits per heavy atom. The highest BCUT2D eigenvalue weighted by molar-refractivity contribution is 9.10. The van der Waals surface area contributed by atoms with Crippen molar-refractivity contribution in [2.24, 2.45) is 0 Å². The van der Waals surface area contributed by atoms with Crippen LogP contribution >= 0.6 is 15.9 Å². The van der Waals surface area contributed by atoms with Crippen LogP contribution in [-0.4, -0.2) is 50.8 Å². The molecule has 7 heteroatoms. The summed E-state index contributed by atoms with van der Waals surface area (Å²) >= 11 is 3.01. The zero-order valence-corrected chi connectivity index (χ0v) is 12.3. The van der Waals surface area contributed by atoms with Crippen LogP contribution in [0.3, 0.4) is 0 Å². The highest BCUT2D eigenvalue weighted by Crippen LogP contribution is 2.23. The van der Waals surface area contributed by atoms with Gasteiger partial charge in [-0.3, -0.25) is 0 Å². The molecule has 4 nitrogen and oxygen atoms in total. The summed E-state index contributed by atoms with van der Waals surface area (Å²) in [5.41, 5.74) is 0. The molecule has 2 rings (SSSR count). The number of sulfonamides is 1. The second-order valence-corrected chi connectivity index (χ2v) is 7.08. The molecule has 0 saturated carbocycles. The zero-order chi connectivity index (χ0) is 13.3. The summed E-state index contributed by atoms with van der Waals surface area (Å²) in [6, 6.07) is 3.77. The van der Waals surface area contributed by atoms with E-state index in [1.165, 1.54) is 16.4 Å². The first-order chi connectivity index (χ1) is 8.41. The molecule has 1 saturated heterocycles. The summed E-state index contributed by atoms with van der Waals surface area (Å²) in [4.78, 5) is 2.20. The maximum Gasteiger partial charge on any atom is 0.243 e. The Hall–Kier alpha value is -0.500. The van der Waals surface area contributed by atoms with E-state index >= 15 is 0 Å². The van der Waals surface area contributed by atoms with Gasteiger partial charge in [-0.1, -0.05) is 0 Å². The summed E-state index contributed by atoms with van der Waals surface area (Å²) in [5.74, 6) is -0.465. The average molecular weight is 337 g/mol. The van der Waals surface area contributed by atoms with E-state index in [1.807, 2.05) is 7.05 Å². The lowest BCUT2D eigenvalue weighted by Crippen LogP contribution is -2.47. The minimum absolute atomic E-state index is 0.125. The minimum Gasteiger partial charge on any atom is -0.304 e. The smallest absolute Gasteiger partial charge is 0.243 e. The SMILES string of the molecule is CN1CCN(S(=O)(=O)c2ccc(F)c(Br)c2)CC1. The molecule has 0 atom stereocenters. The van der Waals surface area contributed by atoms with Gasteiger partial charge in [-0.25, -0.2) is 12.8 Å². The van der Waals surface area contributed by atoms with Gasteiger partial charge in [0.15, 0.2) is 0 Å². The standard InChI is InChI=1S/C11H14BrFN2O2S/c1-14-4-6-15(7-5-14)18(16,17)9-2-3-11(13)10(12)8-9/h2-3,8H,4-7H2,1H3. The molecule has 1 fully saturated rings. The molecule has 0 bridgehead atoms. The van der Waals surface area contributed by atoms with Crippen LogP contribution in [0.5, 0.6) is 0 Å². The van der Waals surface area contributed by atoms with Gasteiger partial charge in [0.2, 0.25) is 10.0 Å². The van der Waals surface area contributed by atoms with E-state index < -0.39 is 15.8 Å². The minimum atomic E-state index is -3.51. The molecule has 1 aliphatic rings. The first-order valence-electron chi connectivity index (χ1n) is 5.55. The lowest BCUT2D eigenvalue weighted by Gasteiger charge is -2.31. The number of rotatable bonds is 2. The van der Waals surface area contributed by atoms with E-state index in [1.54, 1.807) is 0 Å². The van der Waals surface area contributed by atoms with E-state index in [-0.39, 0.29) is 9.37 Å². The van der Waals surface area contributed by atoms with Crippen molar-refractivity contribution in [2.45, 2.75) is 4.90 Å². The van der Waals surface area contributed by atoms with Crippen LogP contribution in [0, 0.1) is 5.82 Å². The van der Waals surface area contributed by atoms with Crippen molar-refractivity contribution in [1.82, 2.24) is 9.21 Å². The zero-order valence-electron chi connectivity index (χ0n) is 9.94. The Kier molecular flexibility index (Phi) is 4.05. The number of halogens is 2. The number of nitrogens with zero attached hydrogens (tertiary/aromatic N) is 2. The van der Waals surface area contributed by atoms with Gasteiger partial charge in [-0.15, -0.1) is 0 Å². The average Bonchev–Trinajstić information content (AvgIpc) is 2.33. The molecule has 0 unspecified atom stereocenters. The lowest BCUT2D eigenvalue weighted by molar-refractivity contribution is 0.222. The summed E-state index contributed by atoms with van der Waals surface area (Å²) in [7, 11) is -1.56. The van der Waals surface area contributed by atoms with Crippen LogP contribution in [0.25, 0.3) is 0 Å². The van der Waals surface area contributed by atoms with E-state index in [0.29, 0.717) is 26.2 Å². The third kappa shape index (κ3) is 2.74. The third-order valence-electron chi connectivity index (χ3n) is 2.99. The Bertz CT molecular complexity index is 542. The van der Waals surface area contributed by atoms with Gasteiger partial charge in [0.25, 0.3) is 0 Å². The number of hydrogen-bond acceptors (Lipinski definition) is 3. The Balaban J connectivity index is 2.27. The number of hydrogen-bond donors (Lipinski definition) is 0. The largest absolute Gasteiger partial charge is 0.304 e. The van der Waals surface area contributed by atoms with Crippen LogP contribution in [0.4, 0.5) is 4.39 Å². The monoisotopic (exact) mass is 336 g/mol. The Morgan fingerprint density at radius 2 is 1.83 bits per heavy atom. The number of piperazine rings is 1. The molecule has 0 aliphatic carbocycles. The van der Waals surface area contributed by atoms with Crippen LogP contribution in [0.1, 0.15) is 0 Å². The van der Waals surface area contributed by atoms with Gasteiger partial charge in [0.05, 0.1) is 9.37 Å². The molecule has 1 heterocycles. The summed E-state index contributed by atoms with van der Waals surface area (Å²) in [6.45, 7) is 2.35. The molecule has 100 valence electrons. The van der Waals surface area contributed by atoms with Crippen LogP contribution in [-0.2, 0) is 10.0 Å². The van der Waals surface area contributed by atoms with Crippen LogP contribution in [0.2, 0.25) is 0 Å². The molecule has 0 aromatic heterocycles. The molecule has 1 aliphatic heterocycles. The summed E-state index contributed by atoms with van der Waals surface area (Å²) in [6.07, 6.45) is 0. The van der Waals surface area contributed by atoms with Gasteiger partial charge in [-0.2, -0.15) is 4.31 Å². The fraction of sp³-hybridized carbons (Fsp3) is 0.455. The second-order valence-electron chi connectivity index (χ2n) is 4.28. The van der Waals surface area contributed by atoms with Crippen molar-refractivity contribution in [1.29, 1.82) is 0 Å². The molecule has 1 aromatic carbocycles. The topological polar surface area (TPSA) is 40.6 Å². The van der Waals surface area contributed by atoms with Crippen LogP contribution < -0.4 is 0 Å². The van der Waals surface area contributed by atoms with Crippen molar-refractivity contribution in [3.63, 3.8) is 0 Å². The van der Waals surface area contributed by atoms with E-state index in [4.69, 9.17) is 0 Å². The number of likely N-dealkylation sites (N-methyl/N-ethyl adjacent to an activating group) is 1. The van der Waals surface area contributed by atoms with Gasteiger partial charge >= 0.3 is 0 Å².